The zero-order valence-electron chi connectivity index (χ0n) is 14.3. The number of phenolic OH excluding ortho intramolecular Hbond substituents is 1. The summed E-state index contributed by atoms with van der Waals surface area (Å²) in [7, 11) is -0.791. The summed E-state index contributed by atoms with van der Waals surface area (Å²) in [6, 6.07) is 16.4. The van der Waals surface area contributed by atoms with Crippen LogP contribution in [0.1, 0.15) is 10.4 Å². The third-order valence-electron chi connectivity index (χ3n) is 4.02. The van der Waals surface area contributed by atoms with E-state index in [2.05, 4.69) is 5.32 Å². The maximum Gasteiger partial charge on any atom is 0.255 e. The normalized spacial score (nSPS) is 11.7. The maximum absolute atomic E-state index is 12.6. The van der Waals surface area contributed by atoms with Crippen LogP contribution < -0.4 is 5.32 Å². The molecule has 1 amide bonds. The lowest BCUT2D eigenvalue weighted by atomic mass is 10.1. The molecule has 0 fully saturated rings. The number of rotatable bonds is 4. The number of hydrogen-bond acceptors (Lipinski definition) is 4. The first-order valence-corrected chi connectivity index (χ1v) is 9.29. The molecule has 0 saturated carbocycles. The molecule has 0 atom stereocenters. The van der Waals surface area contributed by atoms with Crippen LogP contribution in [0.5, 0.6) is 5.75 Å². The van der Waals surface area contributed by atoms with Crippen LogP contribution in [0.2, 0.25) is 0 Å². The predicted octanol–water partition coefficient (Wildman–Crippen LogP) is 3.05. The second-order valence-corrected chi connectivity index (χ2v) is 8.10. The van der Waals surface area contributed by atoms with E-state index in [0.717, 1.165) is 9.69 Å². The minimum absolute atomic E-state index is 0.0253. The largest absolute Gasteiger partial charge is 0.506 e. The Labute approximate surface area is 151 Å². The van der Waals surface area contributed by atoms with Gasteiger partial charge >= 0.3 is 0 Å². The van der Waals surface area contributed by atoms with Gasteiger partial charge in [-0.2, -0.15) is 0 Å². The molecular weight excluding hydrogens is 352 g/mol. The van der Waals surface area contributed by atoms with Crippen LogP contribution in [0.25, 0.3) is 10.8 Å². The highest BCUT2D eigenvalue weighted by atomic mass is 32.2. The summed E-state index contributed by atoms with van der Waals surface area (Å²) in [6.07, 6.45) is 0. The molecular formula is C19H18N2O4S. The van der Waals surface area contributed by atoms with E-state index in [1.165, 1.54) is 44.4 Å². The van der Waals surface area contributed by atoms with Crippen molar-refractivity contribution in [2.24, 2.45) is 0 Å². The first kappa shape index (κ1) is 17.9. The SMILES string of the molecule is CN(C)S(=O)(=O)c1cccc(C(=O)Nc2c(O)ccc3ccccc23)c1. The summed E-state index contributed by atoms with van der Waals surface area (Å²) in [5.41, 5.74) is 0.467. The van der Waals surface area contributed by atoms with E-state index >= 15 is 0 Å². The van der Waals surface area contributed by atoms with Crippen LogP contribution in [0.3, 0.4) is 0 Å². The first-order valence-electron chi connectivity index (χ1n) is 7.85. The number of nitrogens with one attached hydrogen (secondary N) is 1. The van der Waals surface area contributed by atoms with Gasteiger partial charge in [0.2, 0.25) is 10.0 Å². The number of amides is 1. The van der Waals surface area contributed by atoms with E-state index in [0.29, 0.717) is 5.39 Å². The monoisotopic (exact) mass is 370 g/mol. The number of nitrogens with zero attached hydrogens (tertiary/aromatic N) is 1. The maximum atomic E-state index is 12.6. The van der Waals surface area contributed by atoms with Crippen molar-refractivity contribution in [2.45, 2.75) is 4.90 Å². The molecule has 0 saturated heterocycles. The van der Waals surface area contributed by atoms with Gasteiger partial charge in [0.15, 0.2) is 0 Å². The van der Waals surface area contributed by atoms with Crippen LogP contribution in [-0.4, -0.2) is 37.8 Å². The fraction of sp³-hybridized carbons (Fsp3) is 0.105. The van der Waals surface area contributed by atoms with Crippen molar-refractivity contribution < 1.29 is 18.3 Å². The second kappa shape index (κ2) is 6.78. The van der Waals surface area contributed by atoms with Gasteiger partial charge < -0.3 is 10.4 Å². The quantitative estimate of drug-likeness (QED) is 0.691. The summed E-state index contributed by atoms with van der Waals surface area (Å²) < 4.78 is 25.6. The zero-order valence-corrected chi connectivity index (χ0v) is 15.1. The molecule has 2 N–H and O–H groups in total. The third kappa shape index (κ3) is 3.26. The number of carbonyl (C=O) groups is 1. The van der Waals surface area contributed by atoms with Crippen molar-refractivity contribution in [3.63, 3.8) is 0 Å². The molecule has 0 aromatic heterocycles. The number of aromatic hydroxyl groups is 1. The first-order chi connectivity index (χ1) is 12.3. The van der Waals surface area contributed by atoms with Gasteiger partial charge in [-0.1, -0.05) is 36.4 Å². The molecule has 3 aromatic carbocycles. The Kier molecular flexibility index (Phi) is 4.67. The molecule has 6 nitrogen and oxygen atoms in total. The summed E-state index contributed by atoms with van der Waals surface area (Å²) in [5.74, 6) is -0.568. The fourth-order valence-corrected chi connectivity index (χ4v) is 3.53. The van der Waals surface area contributed by atoms with Crippen LogP contribution in [0.4, 0.5) is 5.69 Å². The molecule has 0 aliphatic carbocycles. The summed E-state index contributed by atoms with van der Waals surface area (Å²) >= 11 is 0. The number of benzene rings is 3. The van der Waals surface area contributed by atoms with Crippen molar-refractivity contribution in [3.05, 3.63) is 66.2 Å². The minimum Gasteiger partial charge on any atom is -0.506 e. The summed E-state index contributed by atoms with van der Waals surface area (Å²) in [6.45, 7) is 0. The van der Waals surface area contributed by atoms with Crippen LogP contribution in [-0.2, 0) is 10.0 Å². The highest BCUT2D eigenvalue weighted by Crippen LogP contribution is 2.32. The van der Waals surface area contributed by atoms with Crippen LogP contribution >= 0.6 is 0 Å². The summed E-state index contributed by atoms with van der Waals surface area (Å²) in [4.78, 5) is 12.7. The number of fused-ring (bicyclic) bond motifs is 1. The molecule has 0 aliphatic rings. The van der Waals surface area contributed by atoms with Gasteiger partial charge in [0.25, 0.3) is 5.91 Å². The number of phenols is 1. The number of sulfonamides is 1. The second-order valence-electron chi connectivity index (χ2n) is 5.95. The van der Waals surface area contributed by atoms with Gasteiger partial charge in [-0.25, -0.2) is 12.7 Å². The molecule has 134 valence electrons. The smallest absolute Gasteiger partial charge is 0.255 e. The molecule has 3 aromatic rings. The van der Waals surface area contributed by atoms with Gasteiger partial charge in [-0.3, -0.25) is 4.79 Å². The summed E-state index contributed by atoms with van der Waals surface area (Å²) in [5, 5.41) is 14.4. The van der Waals surface area contributed by atoms with Crippen molar-refractivity contribution in [1.82, 2.24) is 4.31 Å². The van der Waals surface area contributed by atoms with Crippen molar-refractivity contribution >= 4 is 32.4 Å². The Bertz CT molecular complexity index is 1090. The topological polar surface area (TPSA) is 86.7 Å². The standard InChI is InChI=1S/C19H18N2O4S/c1-21(2)26(24,25)15-8-5-7-14(12-15)19(23)20-18-16-9-4-3-6-13(16)10-11-17(18)22/h3-12,22H,1-2H3,(H,20,23). The van der Waals surface area contributed by atoms with Crippen molar-refractivity contribution in [3.8, 4) is 5.75 Å². The molecule has 0 radical (unpaired) electrons. The molecule has 0 bridgehead atoms. The molecule has 0 aliphatic heterocycles. The Morgan fingerprint density at radius 2 is 1.73 bits per heavy atom. The van der Waals surface area contributed by atoms with Crippen molar-refractivity contribution in [1.29, 1.82) is 0 Å². The Balaban J connectivity index is 1.99. The number of carbonyl (C=O) groups excluding carboxylic acids is 1. The number of hydrogen-bond donors (Lipinski definition) is 2. The van der Waals surface area contributed by atoms with E-state index in [1.54, 1.807) is 12.1 Å². The molecule has 7 heteroatoms. The average Bonchev–Trinajstić information content (AvgIpc) is 2.64. The highest BCUT2D eigenvalue weighted by molar-refractivity contribution is 7.89. The Hall–Kier alpha value is -2.90. The van der Waals surface area contributed by atoms with Gasteiger partial charge in [-0.05, 0) is 29.7 Å². The van der Waals surface area contributed by atoms with Gasteiger partial charge in [-0.15, -0.1) is 0 Å². The van der Waals surface area contributed by atoms with Crippen LogP contribution in [0, 0.1) is 0 Å². The fourth-order valence-electron chi connectivity index (χ4n) is 2.59. The Morgan fingerprint density at radius 1 is 1.00 bits per heavy atom. The zero-order chi connectivity index (χ0) is 18.9. The van der Waals surface area contributed by atoms with Gasteiger partial charge in [0, 0.05) is 25.0 Å². The van der Waals surface area contributed by atoms with E-state index in [-0.39, 0.29) is 21.9 Å². The van der Waals surface area contributed by atoms with E-state index < -0.39 is 15.9 Å². The minimum atomic E-state index is -3.64. The predicted molar refractivity (Wildman–Crippen MR) is 101 cm³/mol. The van der Waals surface area contributed by atoms with Gasteiger partial charge in [0.05, 0.1) is 10.6 Å². The van der Waals surface area contributed by atoms with E-state index in [4.69, 9.17) is 0 Å². The third-order valence-corrected chi connectivity index (χ3v) is 5.83. The van der Waals surface area contributed by atoms with Crippen LogP contribution in [0.15, 0.2) is 65.6 Å². The molecule has 3 rings (SSSR count). The van der Waals surface area contributed by atoms with Gasteiger partial charge in [0.1, 0.15) is 5.75 Å². The van der Waals surface area contributed by atoms with E-state index in [1.807, 2.05) is 18.2 Å². The number of anilines is 1. The highest BCUT2D eigenvalue weighted by Gasteiger charge is 2.19. The lowest BCUT2D eigenvalue weighted by molar-refractivity contribution is 0.102. The lowest BCUT2D eigenvalue weighted by Crippen LogP contribution is -2.22. The van der Waals surface area contributed by atoms with E-state index in [9.17, 15) is 18.3 Å². The molecule has 26 heavy (non-hydrogen) atoms. The Morgan fingerprint density at radius 3 is 2.46 bits per heavy atom. The van der Waals surface area contributed by atoms with Crippen molar-refractivity contribution in [2.75, 3.05) is 19.4 Å². The molecule has 0 unspecified atom stereocenters. The average molecular weight is 370 g/mol. The molecule has 0 spiro atoms. The lowest BCUT2D eigenvalue weighted by Gasteiger charge is -2.13. The molecule has 0 heterocycles.